The van der Waals surface area contributed by atoms with Crippen LogP contribution in [0.3, 0.4) is 0 Å². The van der Waals surface area contributed by atoms with Gasteiger partial charge in [-0.1, -0.05) is 0 Å². The highest BCUT2D eigenvalue weighted by molar-refractivity contribution is 6.60. The van der Waals surface area contributed by atoms with Crippen LogP contribution in [0.4, 0.5) is 4.79 Å². The molecule has 19 heavy (non-hydrogen) atoms. The predicted molar refractivity (Wildman–Crippen MR) is 69.9 cm³/mol. The Labute approximate surface area is 114 Å². The molecule has 0 aromatic heterocycles. The number of carbonyl (C=O) groups is 1. The smallest absolute Gasteiger partial charge is 0.447 e. The van der Waals surface area contributed by atoms with Crippen molar-refractivity contribution in [2.24, 2.45) is 0 Å². The second-order valence-corrected chi connectivity index (χ2v) is 7.32. The monoisotopic (exact) mass is 293 g/mol. The van der Waals surface area contributed by atoms with Crippen molar-refractivity contribution in [3.8, 4) is 0 Å². The molecule has 0 saturated carbocycles. The largest absolute Gasteiger partial charge is 0.500 e. The van der Waals surface area contributed by atoms with Crippen LogP contribution in [0.15, 0.2) is 0 Å². The zero-order chi connectivity index (χ0) is 14.1. The maximum atomic E-state index is 11.2. The summed E-state index contributed by atoms with van der Waals surface area (Å²) in [4.78, 5) is 11.2. The maximum absolute atomic E-state index is 11.2. The number of alkyl carbamates (subject to hydrolysis) is 1. The summed E-state index contributed by atoms with van der Waals surface area (Å²) in [6, 6.07) is 0.725. The van der Waals surface area contributed by atoms with Crippen molar-refractivity contribution in [2.75, 3.05) is 41.1 Å². The van der Waals surface area contributed by atoms with E-state index in [2.05, 4.69) is 5.32 Å². The number of rotatable bonds is 10. The van der Waals surface area contributed by atoms with Crippen LogP contribution in [0.2, 0.25) is 6.04 Å². The maximum Gasteiger partial charge on any atom is 0.500 e. The van der Waals surface area contributed by atoms with Crippen molar-refractivity contribution in [3.05, 3.63) is 0 Å². The molecule has 1 heterocycles. The molecule has 1 aliphatic rings. The Balaban J connectivity index is 2.01. The van der Waals surface area contributed by atoms with Crippen molar-refractivity contribution >= 4 is 14.9 Å². The fourth-order valence-electron chi connectivity index (χ4n) is 1.60. The topological polar surface area (TPSA) is 78.6 Å². The van der Waals surface area contributed by atoms with E-state index in [0.29, 0.717) is 19.8 Å². The van der Waals surface area contributed by atoms with Crippen molar-refractivity contribution < 1.29 is 27.5 Å². The van der Waals surface area contributed by atoms with Crippen molar-refractivity contribution in [1.82, 2.24) is 5.32 Å². The molecule has 0 spiro atoms. The van der Waals surface area contributed by atoms with Crippen LogP contribution in [0, 0.1) is 0 Å². The first kappa shape index (κ1) is 16.4. The third-order valence-corrected chi connectivity index (χ3v) is 5.75. The van der Waals surface area contributed by atoms with Crippen LogP contribution < -0.4 is 5.32 Å². The molecule has 1 amide bonds. The van der Waals surface area contributed by atoms with E-state index in [1.165, 1.54) is 0 Å². The summed E-state index contributed by atoms with van der Waals surface area (Å²) in [5, 5.41) is 2.68. The third kappa shape index (κ3) is 6.35. The summed E-state index contributed by atoms with van der Waals surface area (Å²) in [7, 11) is 2.30. The van der Waals surface area contributed by atoms with E-state index in [0.717, 1.165) is 18.9 Å². The molecule has 0 aliphatic carbocycles. The normalized spacial score (nSPS) is 18.2. The summed E-state index contributed by atoms with van der Waals surface area (Å²) in [6.45, 7) is 1.58. The minimum absolute atomic E-state index is 0.0995. The molecule has 1 saturated heterocycles. The first-order valence-electron chi connectivity index (χ1n) is 6.33. The van der Waals surface area contributed by atoms with E-state index in [9.17, 15) is 4.79 Å². The van der Waals surface area contributed by atoms with Gasteiger partial charge in [0, 0.05) is 33.9 Å². The Bertz CT molecular complexity index is 262. The zero-order valence-corrected chi connectivity index (χ0v) is 12.8. The van der Waals surface area contributed by atoms with E-state index in [4.69, 9.17) is 22.8 Å². The van der Waals surface area contributed by atoms with Crippen molar-refractivity contribution in [1.29, 1.82) is 0 Å². The molecular formula is C11H23NO6Si. The van der Waals surface area contributed by atoms with Crippen LogP contribution in [-0.4, -0.2) is 62.1 Å². The van der Waals surface area contributed by atoms with Crippen molar-refractivity contribution in [2.45, 2.75) is 25.0 Å². The number of carbonyl (C=O) groups excluding carboxylic acids is 1. The molecule has 0 radical (unpaired) electrons. The minimum atomic E-state index is -2.48. The first-order valence-corrected chi connectivity index (χ1v) is 8.26. The average molecular weight is 293 g/mol. The molecule has 7 nitrogen and oxygen atoms in total. The molecule has 1 fully saturated rings. The molecule has 1 rings (SSSR count). The highest BCUT2D eigenvalue weighted by Crippen LogP contribution is 2.15. The first-order chi connectivity index (χ1) is 9.15. The van der Waals surface area contributed by atoms with Gasteiger partial charge in [-0.25, -0.2) is 4.79 Å². The van der Waals surface area contributed by atoms with E-state index >= 15 is 0 Å². The fourth-order valence-corrected chi connectivity index (χ4v) is 3.39. The lowest BCUT2D eigenvalue weighted by Gasteiger charge is -2.24. The van der Waals surface area contributed by atoms with E-state index < -0.39 is 14.9 Å². The minimum Gasteiger partial charge on any atom is -0.447 e. The summed E-state index contributed by atoms with van der Waals surface area (Å²) in [6.07, 6.45) is 1.37. The molecule has 1 atom stereocenters. The lowest BCUT2D eigenvalue weighted by molar-refractivity contribution is 0.122. The van der Waals surface area contributed by atoms with E-state index in [-0.39, 0.29) is 6.10 Å². The summed E-state index contributed by atoms with van der Waals surface area (Å²) >= 11 is 0. The number of ether oxygens (including phenoxy) is 2. The third-order valence-electron chi connectivity index (χ3n) is 2.91. The SMILES string of the molecule is CO[Si](CCCCNC(=O)OCC1CO1)(OC)OC. The van der Waals surface area contributed by atoms with Gasteiger partial charge in [-0.05, 0) is 12.8 Å². The summed E-state index contributed by atoms with van der Waals surface area (Å²) in [5.74, 6) is 0. The van der Waals surface area contributed by atoms with Crippen LogP contribution in [0.5, 0.6) is 0 Å². The Hall–Kier alpha value is -0.673. The van der Waals surface area contributed by atoms with E-state index in [1.54, 1.807) is 21.3 Å². The number of epoxide rings is 1. The Kier molecular flexibility index (Phi) is 7.32. The lowest BCUT2D eigenvalue weighted by atomic mass is 10.3. The Morgan fingerprint density at radius 2 is 1.89 bits per heavy atom. The molecule has 0 bridgehead atoms. The van der Waals surface area contributed by atoms with Crippen LogP contribution in [0.1, 0.15) is 12.8 Å². The second-order valence-electron chi connectivity index (χ2n) is 4.23. The number of nitrogens with one attached hydrogen (secondary N) is 1. The van der Waals surface area contributed by atoms with E-state index in [1.807, 2.05) is 0 Å². The lowest BCUT2D eigenvalue weighted by Crippen LogP contribution is -2.42. The molecule has 1 aliphatic heterocycles. The fraction of sp³-hybridized carbons (Fsp3) is 0.909. The highest BCUT2D eigenvalue weighted by Gasteiger charge is 2.36. The number of unbranched alkanes of at least 4 members (excludes halogenated alkanes) is 1. The molecule has 1 N–H and O–H groups in total. The number of hydrogen-bond acceptors (Lipinski definition) is 6. The standard InChI is InChI=1S/C11H23NO6Si/c1-14-19(15-2,16-3)7-5-4-6-12-11(13)18-9-10-8-17-10/h10H,4-9H2,1-3H3,(H,12,13). The molecule has 1 unspecified atom stereocenters. The predicted octanol–water partition coefficient (Wildman–Crippen LogP) is 0.770. The van der Waals surface area contributed by atoms with Crippen LogP contribution in [0.25, 0.3) is 0 Å². The molecule has 0 aromatic carbocycles. The van der Waals surface area contributed by atoms with Gasteiger partial charge in [0.15, 0.2) is 0 Å². The molecule has 8 heteroatoms. The van der Waals surface area contributed by atoms with Gasteiger partial charge < -0.3 is 28.1 Å². The Morgan fingerprint density at radius 1 is 1.26 bits per heavy atom. The van der Waals surface area contributed by atoms with Crippen LogP contribution >= 0.6 is 0 Å². The van der Waals surface area contributed by atoms with Gasteiger partial charge >= 0.3 is 14.9 Å². The van der Waals surface area contributed by atoms with Gasteiger partial charge in [0.25, 0.3) is 0 Å². The highest BCUT2D eigenvalue weighted by atomic mass is 28.4. The molecular weight excluding hydrogens is 270 g/mol. The van der Waals surface area contributed by atoms with Gasteiger partial charge in [0.1, 0.15) is 12.7 Å². The van der Waals surface area contributed by atoms with Crippen LogP contribution in [-0.2, 0) is 22.8 Å². The Morgan fingerprint density at radius 3 is 2.42 bits per heavy atom. The number of amides is 1. The van der Waals surface area contributed by atoms with Gasteiger partial charge in [-0.2, -0.15) is 0 Å². The second kappa shape index (κ2) is 8.49. The van der Waals surface area contributed by atoms with Crippen molar-refractivity contribution in [3.63, 3.8) is 0 Å². The van der Waals surface area contributed by atoms with Gasteiger partial charge in [-0.3, -0.25) is 0 Å². The average Bonchev–Trinajstić information content (AvgIpc) is 3.25. The number of hydrogen-bond donors (Lipinski definition) is 1. The van der Waals surface area contributed by atoms with Gasteiger partial charge in [-0.15, -0.1) is 0 Å². The molecule has 0 aromatic rings. The summed E-state index contributed by atoms with van der Waals surface area (Å²) in [5.41, 5.74) is 0. The summed E-state index contributed by atoms with van der Waals surface area (Å²) < 4.78 is 25.8. The van der Waals surface area contributed by atoms with Gasteiger partial charge in [0.2, 0.25) is 0 Å². The zero-order valence-electron chi connectivity index (χ0n) is 11.8. The quantitative estimate of drug-likeness (QED) is 0.364. The van der Waals surface area contributed by atoms with Gasteiger partial charge in [0.05, 0.1) is 6.61 Å². The molecule has 112 valence electrons.